The molecule has 0 amide bonds. The second-order valence-electron chi connectivity index (χ2n) is 2.98. The Morgan fingerprint density at radius 3 is 1.71 bits per heavy atom. The van der Waals surface area contributed by atoms with E-state index in [0.717, 1.165) is 5.56 Å². The summed E-state index contributed by atoms with van der Waals surface area (Å²) >= 11 is 0. The maximum Gasteiger partial charge on any atom is 0.159 e. The maximum absolute atomic E-state index is 10.6. The summed E-state index contributed by atoms with van der Waals surface area (Å²) in [6.07, 6.45) is 0.667. The molecule has 0 saturated heterocycles. The van der Waals surface area contributed by atoms with E-state index < -0.39 is 0 Å². The highest BCUT2D eigenvalue weighted by atomic mass is 16.1. The van der Waals surface area contributed by atoms with Gasteiger partial charge in [0.25, 0.3) is 0 Å². The number of Topliss-reactive ketones (excluding diaryl/α,β-unsaturated/α-hetero) is 2. The van der Waals surface area contributed by atoms with Gasteiger partial charge in [0.15, 0.2) is 5.78 Å². The number of hydrogen-bond acceptors (Lipinski definition) is 2. The lowest BCUT2D eigenvalue weighted by Crippen LogP contribution is -1.88. The Labute approximate surface area is 84.9 Å². The largest absolute Gasteiger partial charge is 0.300 e. The first kappa shape index (κ1) is 12.6. The minimum atomic E-state index is 0.121. The number of benzene rings is 1. The molecule has 0 spiro atoms. The van der Waals surface area contributed by atoms with Crippen LogP contribution < -0.4 is 0 Å². The van der Waals surface area contributed by atoms with E-state index in [4.69, 9.17) is 0 Å². The SMILES string of the molecule is CC(=O)c1ccccc1.CCC(C)=O. The highest BCUT2D eigenvalue weighted by molar-refractivity contribution is 5.93. The average molecular weight is 192 g/mol. The van der Waals surface area contributed by atoms with E-state index in [2.05, 4.69) is 0 Å². The number of carbonyl (C=O) groups is 2. The molecule has 1 rings (SSSR count). The zero-order chi connectivity index (χ0) is 11.0. The van der Waals surface area contributed by atoms with Crippen molar-refractivity contribution in [2.75, 3.05) is 0 Å². The van der Waals surface area contributed by atoms with Gasteiger partial charge in [0.2, 0.25) is 0 Å². The number of ketones is 2. The Morgan fingerprint density at radius 2 is 1.50 bits per heavy atom. The van der Waals surface area contributed by atoms with Crippen molar-refractivity contribution < 1.29 is 9.59 Å². The lowest BCUT2D eigenvalue weighted by Gasteiger charge is -1.89. The van der Waals surface area contributed by atoms with Gasteiger partial charge >= 0.3 is 0 Å². The summed E-state index contributed by atoms with van der Waals surface area (Å²) in [7, 11) is 0. The lowest BCUT2D eigenvalue weighted by atomic mass is 10.2. The second-order valence-corrected chi connectivity index (χ2v) is 2.98. The molecule has 2 heteroatoms. The molecule has 0 aliphatic rings. The molecule has 0 atom stereocenters. The van der Waals surface area contributed by atoms with E-state index >= 15 is 0 Å². The van der Waals surface area contributed by atoms with Crippen molar-refractivity contribution in [3.8, 4) is 0 Å². The second kappa shape index (κ2) is 7.01. The molecule has 2 nitrogen and oxygen atoms in total. The van der Waals surface area contributed by atoms with Gasteiger partial charge in [-0.15, -0.1) is 0 Å². The van der Waals surface area contributed by atoms with Crippen molar-refractivity contribution in [1.29, 1.82) is 0 Å². The predicted molar refractivity (Wildman–Crippen MR) is 57.4 cm³/mol. The summed E-state index contributed by atoms with van der Waals surface area (Å²) in [4.78, 5) is 20.5. The van der Waals surface area contributed by atoms with Crippen molar-refractivity contribution in [2.24, 2.45) is 0 Å². The van der Waals surface area contributed by atoms with Crippen LogP contribution in [-0.2, 0) is 4.79 Å². The third-order valence-electron chi connectivity index (χ3n) is 1.68. The van der Waals surface area contributed by atoms with Gasteiger partial charge in [-0.3, -0.25) is 4.79 Å². The topological polar surface area (TPSA) is 34.1 Å². The van der Waals surface area contributed by atoms with Crippen LogP contribution in [-0.4, -0.2) is 11.6 Å². The van der Waals surface area contributed by atoms with Crippen LogP contribution in [0.25, 0.3) is 0 Å². The van der Waals surface area contributed by atoms with Crippen LogP contribution >= 0.6 is 0 Å². The lowest BCUT2D eigenvalue weighted by molar-refractivity contribution is -0.116. The molecular formula is C12H16O2. The molecule has 0 aliphatic heterocycles. The van der Waals surface area contributed by atoms with Gasteiger partial charge in [-0.25, -0.2) is 0 Å². The minimum absolute atomic E-state index is 0.121. The fourth-order valence-electron chi connectivity index (χ4n) is 0.673. The quantitative estimate of drug-likeness (QED) is 0.675. The van der Waals surface area contributed by atoms with Crippen molar-refractivity contribution in [3.63, 3.8) is 0 Å². The summed E-state index contributed by atoms with van der Waals surface area (Å²) in [5.74, 6) is 0.376. The van der Waals surface area contributed by atoms with Crippen molar-refractivity contribution in [1.82, 2.24) is 0 Å². The maximum atomic E-state index is 10.6. The van der Waals surface area contributed by atoms with E-state index in [-0.39, 0.29) is 11.6 Å². The Balaban J connectivity index is 0.000000292. The van der Waals surface area contributed by atoms with Crippen LogP contribution in [0.2, 0.25) is 0 Å². The first-order valence-electron chi connectivity index (χ1n) is 4.63. The highest BCUT2D eigenvalue weighted by Crippen LogP contribution is 1.97. The fraction of sp³-hybridized carbons (Fsp3) is 0.333. The highest BCUT2D eigenvalue weighted by Gasteiger charge is 1.92. The van der Waals surface area contributed by atoms with E-state index in [9.17, 15) is 9.59 Å². The standard InChI is InChI=1S/C8H8O.C4H8O/c1-7(9)8-5-3-2-4-6-8;1-3-4(2)5/h2-6H,1H3;3H2,1-2H3. The summed E-state index contributed by atoms with van der Waals surface area (Å²) in [6, 6.07) is 9.23. The third-order valence-corrected chi connectivity index (χ3v) is 1.68. The first-order chi connectivity index (χ1) is 6.57. The van der Waals surface area contributed by atoms with Crippen LogP contribution in [0.5, 0.6) is 0 Å². The third kappa shape index (κ3) is 6.12. The zero-order valence-electron chi connectivity index (χ0n) is 8.91. The molecule has 0 heterocycles. The van der Waals surface area contributed by atoms with Gasteiger partial charge in [-0.05, 0) is 13.8 Å². The molecule has 0 aromatic heterocycles. The van der Waals surface area contributed by atoms with Gasteiger partial charge in [0, 0.05) is 12.0 Å². The van der Waals surface area contributed by atoms with Gasteiger partial charge < -0.3 is 4.79 Å². The number of rotatable bonds is 2. The smallest absolute Gasteiger partial charge is 0.159 e. The molecule has 0 saturated carbocycles. The van der Waals surface area contributed by atoms with Crippen LogP contribution in [0, 0.1) is 0 Å². The van der Waals surface area contributed by atoms with Crippen LogP contribution in [0.1, 0.15) is 37.6 Å². The Hall–Kier alpha value is -1.44. The van der Waals surface area contributed by atoms with Gasteiger partial charge in [-0.1, -0.05) is 37.3 Å². The Bertz CT molecular complexity index is 288. The molecule has 0 aliphatic carbocycles. The van der Waals surface area contributed by atoms with Crippen LogP contribution in [0.3, 0.4) is 0 Å². The molecule has 0 radical (unpaired) electrons. The van der Waals surface area contributed by atoms with E-state index in [0.29, 0.717) is 6.42 Å². The molecule has 76 valence electrons. The molecule has 1 aromatic carbocycles. The van der Waals surface area contributed by atoms with Crippen molar-refractivity contribution >= 4 is 11.6 Å². The number of hydrogen-bond donors (Lipinski definition) is 0. The van der Waals surface area contributed by atoms with Gasteiger partial charge in [0.05, 0.1) is 0 Å². The normalized spacial score (nSPS) is 8.50. The monoisotopic (exact) mass is 192 g/mol. The summed E-state index contributed by atoms with van der Waals surface area (Å²) in [5, 5.41) is 0. The van der Waals surface area contributed by atoms with E-state index in [1.54, 1.807) is 13.8 Å². The first-order valence-corrected chi connectivity index (χ1v) is 4.63. The van der Waals surface area contributed by atoms with E-state index in [1.165, 1.54) is 0 Å². The Kier molecular flexibility index (Phi) is 6.29. The van der Waals surface area contributed by atoms with Crippen molar-refractivity contribution in [3.05, 3.63) is 35.9 Å². The summed E-state index contributed by atoms with van der Waals surface area (Å²) < 4.78 is 0. The van der Waals surface area contributed by atoms with E-state index in [1.807, 2.05) is 37.3 Å². The minimum Gasteiger partial charge on any atom is -0.300 e. The predicted octanol–water partition coefficient (Wildman–Crippen LogP) is 2.87. The summed E-state index contributed by atoms with van der Waals surface area (Å²) in [5.41, 5.74) is 0.775. The summed E-state index contributed by atoms with van der Waals surface area (Å²) in [6.45, 7) is 5.00. The van der Waals surface area contributed by atoms with Gasteiger partial charge in [0.1, 0.15) is 5.78 Å². The van der Waals surface area contributed by atoms with Crippen LogP contribution in [0.15, 0.2) is 30.3 Å². The van der Waals surface area contributed by atoms with Crippen LogP contribution in [0.4, 0.5) is 0 Å². The zero-order valence-corrected chi connectivity index (χ0v) is 8.91. The van der Waals surface area contributed by atoms with Crippen molar-refractivity contribution in [2.45, 2.75) is 27.2 Å². The molecule has 0 fully saturated rings. The Morgan fingerprint density at radius 1 is 1.07 bits per heavy atom. The molecule has 0 bridgehead atoms. The van der Waals surface area contributed by atoms with Gasteiger partial charge in [-0.2, -0.15) is 0 Å². The number of carbonyl (C=O) groups excluding carboxylic acids is 2. The molecule has 0 unspecified atom stereocenters. The fourth-order valence-corrected chi connectivity index (χ4v) is 0.673. The molecule has 14 heavy (non-hydrogen) atoms. The average Bonchev–Trinajstić information content (AvgIpc) is 2.20. The molecule has 1 aromatic rings. The molecule has 0 N–H and O–H groups in total. The molecular weight excluding hydrogens is 176 g/mol.